The molecule has 14 heteroatoms. The number of anilines is 1. The van der Waals surface area contributed by atoms with Crippen molar-refractivity contribution in [2.45, 2.75) is 37.9 Å². The summed E-state index contributed by atoms with van der Waals surface area (Å²) >= 11 is 0. The summed E-state index contributed by atoms with van der Waals surface area (Å²) in [4.78, 5) is 26.1. The number of nitrogens with one attached hydrogen (secondary N) is 2. The van der Waals surface area contributed by atoms with Crippen molar-refractivity contribution >= 4 is 27.5 Å². The van der Waals surface area contributed by atoms with Gasteiger partial charge in [-0.1, -0.05) is 6.07 Å². The van der Waals surface area contributed by atoms with Gasteiger partial charge in [0.1, 0.15) is 28.7 Å². The third-order valence-electron chi connectivity index (χ3n) is 6.86. The van der Waals surface area contributed by atoms with Gasteiger partial charge in [-0.15, -0.1) is 0 Å². The number of benzene rings is 2. The molecule has 9 nitrogen and oxygen atoms in total. The Labute approximate surface area is 226 Å². The van der Waals surface area contributed by atoms with Crippen LogP contribution in [-0.2, 0) is 33.0 Å². The monoisotopic (exact) mass is 580 g/mol. The Morgan fingerprint density at radius 1 is 1.23 bits per heavy atom. The Bertz CT molecular complexity index is 1650. The number of amides is 2. The molecule has 5 rings (SSSR count). The number of aromatic nitrogens is 2. The first-order valence-electron chi connectivity index (χ1n) is 12.2. The van der Waals surface area contributed by atoms with Crippen molar-refractivity contribution in [2.75, 3.05) is 23.9 Å². The number of ether oxygens (including phenoxy) is 1. The van der Waals surface area contributed by atoms with E-state index < -0.39 is 51.5 Å². The van der Waals surface area contributed by atoms with Gasteiger partial charge in [-0.2, -0.15) is 18.3 Å². The highest BCUT2D eigenvalue weighted by molar-refractivity contribution is 7.91. The van der Waals surface area contributed by atoms with Crippen molar-refractivity contribution < 1.29 is 40.3 Å². The zero-order valence-electron chi connectivity index (χ0n) is 21.4. The molecule has 0 radical (unpaired) electrons. The number of carbonyl (C=O) groups is 2. The fourth-order valence-electron chi connectivity index (χ4n) is 5.20. The van der Waals surface area contributed by atoms with Crippen molar-refractivity contribution in [3.05, 3.63) is 70.2 Å². The molecule has 0 saturated heterocycles. The molecule has 2 heterocycles. The Kier molecular flexibility index (Phi) is 6.63. The van der Waals surface area contributed by atoms with Gasteiger partial charge in [0.25, 0.3) is 5.91 Å². The van der Waals surface area contributed by atoms with Gasteiger partial charge in [0, 0.05) is 12.7 Å². The van der Waals surface area contributed by atoms with Crippen LogP contribution in [0.25, 0.3) is 5.69 Å². The molecule has 1 aromatic heterocycles. The number of nitrogens with zero attached hydrogens (tertiary/aromatic N) is 2. The lowest BCUT2D eigenvalue weighted by molar-refractivity contribution is -0.153. The van der Waals surface area contributed by atoms with Crippen molar-refractivity contribution in [2.24, 2.45) is 0 Å². The van der Waals surface area contributed by atoms with E-state index in [4.69, 9.17) is 4.74 Å². The van der Waals surface area contributed by atoms with Gasteiger partial charge in [-0.05, 0) is 66.8 Å². The fourth-order valence-corrected chi connectivity index (χ4v) is 5.75. The van der Waals surface area contributed by atoms with Gasteiger partial charge in [0.05, 0.1) is 16.9 Å². The maximum absolute atomic E-state index is 14.0. The number of fused-ring (bicyclic) bond motifs is 3. The van der Waals surface area contributed by atoms with E-state index in [-0.39, 0.29) is 29.1 Å². The summed E-state index contributed by atoms with van der Waals surface area (Å²) in [5.74, 6) is -2.75. The Morgan fingerprint density at radius 3 is 2.65 bits per heavy atom. The van der Waals surface area contributed by atoms with Crippen molar-refractivity contribution in [1.82, 2.24) is 15.1 Å². The Morgan fingerprint density at radius 2 is 1.98 bits per heavy atom. The molecule has 2 aliphatic rings. The molecule has 0 bridgehead atoms. The van der Waals surface area contributed by atoms with Gasteiger partial charge >= 0.3 is 6.18 Å². The van der Waals surface area contributed by atoms with Gasteiger partial charge in [0.2, 0.25) is 5.91 Å². The SMILES string of the molecule is Cc1cc(-n2nc3c(c2NC(=O)CS(C)(=O)=O)C(=O)N[C@@]2(CCc4cc(OCC(F)(F)F)ccc42)C3)ccc1F. The Hall–Kier alpha value is -3.94. The van der Waals surface area contributed by atoms with Crippen LogP contribution in [0.2, 0.25) is 0 Å². The molecule has 2 aromatic carbocycles. The predicted octanol–water partition coefficient (Wildman–Crippen LogP) is 3.37. The van der Waals surface area contributed by atoms with Crippen LogP contribution in [-0.4, -0.2) is 54.8 Å². The lowest BCUT2D eigenvalue weighted by Gasteiger charge is -2.35. The summed E-state index contributed by atoms with van der Waals surface area (Å²) in [6, 6.07) is 8.65. The summed E-state index contributed by atoms with van der Waals surface area (Å²) in [5, 5.41) is 10.1. The highest BCUT2D eigenvalue weighted by atomic mass is 32.2. The van der Waals surface area contributed by atoms with Crippen molar-refractivity contribution in [1.29, 1.82) is 0 Å². The van der Waals surface area contributed by atoms with Gasteiger partial charge in [-0.25, -0.2) is 17.5 Å². The molecular weight excluding hydrogens is 556 g/mol. The van der Waals surface area contributed by atoms with E-state index in [1.54, 1.807) is 6.07 Å². The quantitative estimate of drug-likeness (QED) is 0.432. The molecule has 1 spiro atoms. The standard InChI is InChI=1S/C26H24F4N4O5S/c1-14-9-16(3-6-19(14)27)34-23(31-21(35)12-40(2,37)38)22-20(33-34)11-25(32-24(22)36)8-7-15-10-17(4-5-18(15)25)39-13-26(28,29)30/h3-6,9-10H,7-8,11-13H2,1-2H3,(H,31,35)(H,32,36)/t25-/m0/s1. The number of sulfone groups is 1. The highest BCUT2D eigenvalue weighted by Gasteiger charge is 2.47. The van der Waals surface area contributed by atoms with Crippen LogP contribution in [0.4, 0.5) is 23.4 Å². The molecule has 1 atom stereocenters. The van der Waals surface area contributed by atoms with Crippen LogP contribution in [0, 0.1) is 12.7 Å². The molecule has 0 fully saturated rings. The largest absolute Gasteiger partial charge is 0.484 e. The van der Waals surface area contributed by atoms with Crippen LogP contribution in [0.15, 0.2) is 36.4 Å². The number of alkyl halides is 3. The zero-order valence-corrected chi connectivity index (χ0v) is 22.2. The van der Waals surface area contributed by atoms with Crippen LogP contribution < -0.4 is 15.4 Å². The smallest absolute Gasteiger partial charge is 0.422 e. The van der Waals surface area contributed by atoms with Gasteiger partial charge in [0.15, 0.2) is 16.4 Å². The minimum Gasteiger partial charge on any atom is -0.484 e. The van der Waals surface area contributed by atoms with E-state index >= 15 is 0 Å². The van der Waals surface area contributed by atoms with Crippen LogP contribution in [0.5, 0.6) is 5.75 Å². The van der Waals surface area contributed by atoms with Gasteiger partial charge < -0.3 is 15.4 Å². The molecule has 3 aromatic rings. The van der Waals surface area contributed by atoms with Crippen LogP contribution in [0.1, 0.15) is 39.2 Å². The topological polar surface area (TPSA) is 119 Å². The molecule has 1 aliphatic carbocycles. The normalized spacial score (nSPS) is 18.3. The lowest BCUT2D eigenvalue weighted by atomic mass is 9.82. The third kappa shape index (κ3) is 5.40. The number of hydrogen-bond acceptors (Lipinski definition) is 6. The second-order valence-corrected chi connectivity index (χ2v) is 12.2. The van der Waals surface area contributed by atoms with Crippen molar-refractivity contribution in [3.8, 4) is 11.4 Å². The van der Waals surface area contributed by atoms with E-state index in [0.29, 0.717) is 29.8 Å². The molecule has 212 valence electrons. The summed E-state index contributed by atoms with van der Waals surface area (Å²) in [6.45, 7) is 0.110. The van der Waals surface area contributed by atoms with Crippen LogP contribution in [0.3, 0.4) is 0 Å². The van der Waals surface area contributed by atoms with E-state index in [2.05, 4.69) is 15.7 Å². The average molecular weight is 581 g/mol. The van der Waals surface area contributed by atoms with Crippen LogP contribution >= 0.6 is 0 Å². The zero-order chi connectivity index (χ0) is 29.0. The summed E-state index contributed by atoms with van der Waals surface area (Å²) in [5.41, 5.74) is 1.49. The molecule has 1 aliphatic heterocycles. The average Bonchev–Trinajstić information content (AvgIpc) is 3.36. The van der Waals surface area contributed by atoms with E-state index in [9.17, 15) is 35.6 Å². The number of halogens is 4. The number of carbonyl (C=O) groups excluding carboxylic acids is 2. The second-order valence-electron chi connectivity index (χ2n) is 10.1. The van der Waals surface area contributed by atoms with E-state index in [1.165, 1.54) is 41.9 Å². The minimum absolute atomic E-state index is 0.0352. The predicted molar refractivity (Wildman–Crippen MR) is 136 cm³/mol. The minimum atomic E-state index is -4.48. The number of rotatable bonds is 6. The van der Waals surface area contributed by atoms with E-state index in [0.717, 1.165) is 11.8 Å². The lowest BCUT2D eigenvalue weighted by Crippen LogP contribution is -2.49. The molecule has 0 unspecified atom stereocenters. The highest BCUT2D eigenvalue weighted by Crippen LogP contribution is 2.44. The molecular formula is C26H24F4N4O5S. The van der Waals surface area contributed by atoms with E-state index in [1.807, 2.05) is 0 Å². The number of aryl methyl sites for hydroxylation is 2. The maximum atomic E-state index is 14.0. The maximum Gasteiger partial charge on any atom is 0.422 e. The van der Waals surface area contributed by atoms with Crippen molar-refractivity contribution in [3.63, 3.8) is 0 Å². The molecule has 2 amide bonds. The Balaban J connectivity index is 1.54. The summed E-state index contributed by atoms with van der Waals surface area (Å²) in [6.07, 6.45) is -2.50. The second kappa shape index (κ2) is 9.61. The first kappa shape index (κ1) is 27.6. The first-order chi connectivity index (χ1) is 18.6. The third-order valence-corrected chi connectivity index (χ3v) is 7.65. The summed E-state index contributed by atoms with van der Waals surface area (Å²) < 4.78 is 81.3. The number of hydrogen-bond donors (Lipinski definition) is 2. The molecule has 2 N–H and O–H groups in total. The summed E-state index contributed by atoms with van der Waals surface area (Å²) in [7, 11) is -3.68. The van der Waals surface area contributed by atoms with Gasteiger partial charge in [-0.3, -0.25) is 9.59 Å². The molecule has 40 heavy (non-hydrogen) atoms. The molecule has 0 saturated carbocycles. The fraction of sp³-hybridized carbons (Fsp3) is 0.346. The first-order valence-corrected chi connectivity index (χ1v) is 14.2.